The minimum absolute atomic E-state index is 0.0800. The van der Waals surface area contributed by atoms with E-state index in [0.717, 1.165) is 25.8 Å². The normalized spacial score (nSPS) is 38.9. The van der Waals surface area contributed by atoms with Crippen molar-refractivity contribution in [2.45, 2.75) is 129 Å². The lowest BCUT2D eigenvalue weighted by atomic mass is 9.43. The van der Waals surface area contributed by atoms with Crippen molar-refractivity contribution in [2.24, 2.45) is 46.3 Å². The smallest absolute Gasteiger partial charge is 0.305 e. The van der Waals surface area contributed by atoms with Crippen LogP contribution in [0, 0.1) is 46.3 Å². The molecule has 4 saturated carbocycles. The van der Waals surface area contributed by atoms with Crippen molar-refractivity contribution >= 4 is 5.97 Å². The summed E-state index contributed by atoms with van der Waals surface area (Å²) in [6, 6.07) is 6.82. The van der Waals surface area contributed by atoms with Gasteiger partial charge in [-0.1, -0.05) is 39.7 Å². The number of fused-ring (bicyclic) bond motifs is 5. The molecular formula is C36H58N2O3. The summed E-state index contributed by atoms with van der Waals surface area (Å²) in [7, 11) is 1.50. The van der Waals surface area contributed by atoms with Crippen LogP contribution in [0.1, 0.15) is 116 Å². The van der Waals surface area contributed by atoms with E-state index in [9.17, 15) is 9.90 Å². The van der Waals surface area contributed by atoms with E-state index in [1.807, 2.05) is 12.3 Å². The van der Waals surface area contributed by atoms with Crippen LogP contribution in [0.15, 0.2) is 24.4 Å². The Morgan fingerprint density at radius 3 is 2.61 bits per heavy atom. The highest BCUT2D eigenvalue weighted by Gasteiger charge is 2.62. The average molecular weight is 567 g/mol. The van der Waals surface area contributed by atoms with E-state index in [0.29, 0.717) is 58.8 Å². The number of aryl methyl sites for hydroxylation is 1. The zero-order valence-electron chi connectivity index (χ0n) is 26.5. The van der Waals surface area contributed by atoms with E-state index in [1.165, 1.54) is 83.4 Å². The van der Waals surface area contributed by atoms with Crippen LogP contribution in [-0.4, -0.2) is 41.9 Å². The maximum atomic E-state index is 11.8. The third kappa shape index (κ3) is 6.56. The van der Waals surface area contributed by atoms with Crippen molar-refractivity contribution in [3.8, 4) is 0 Å². The molecule has 4 aliphatic carbocycles. The van der Waals surface area contributed by atoms with Crippen molar-refractivity contribution in [3.05, 3.63) is 30.1 Å². The molecular weight excluding hydrogens is 508 g/mol. The number of esters is 1. The first-order valence-corrected chi connectivity index (χ1v) is 17.1. The van der Waals surface area contributed by atoms with Crippen molar-refractivity contribution in [1.82, 2.24) is 10.3 Å². The number of hydrogen-bond donors (Lipinski definition) is 2. The van der Waals surface area contributed by atoms with Crippen LogP contribution < -0.4 is 5.32 Å². The predicted molar refractivity (Wildman–Crippen MR) is 165 cm³/mol. The second-order valence-corrected chi connectivity index (χ2v) is 15.0. The van der Waals surface area contributed by atoms with Crippen LogP contribution in [0.5, 0.6) is 0 Å². The minimum Gasteiger partial charge on any atom is -0.469 e. The standard InChI is InChI=1S/C36H58N2O3/c1-25(13-16-33(40)41-4)29-14-15-30-34-31(18-20-36(29,30)3)35(2)19-17-28(23-26(35)24-32(34)39)38-21-9-6-5-7-11-27-12-8-10-22-37-27/h8,10,12,22,25-26,28-32,34,38-39H,5-7,9,11,13-21,23-24H2,1-4H3/t25-,26-,28+,29-,30+,31+,32-,34+,35+,36-/m1/s1. The molecule has 1 heterocycles. The number of nitrogens with one attached hydrogen (secondary N) is 1. The Hall–Kier alpha value is -1.46. The van der Waals surface area contributed by atoms with Gasteiger partial charge in [-0.05, 0) is 142 Å². The molecule has 4 aliphatic rings. The van der Waals surface area contributed by atoms with Crippen LogP contribution >= 0.6 is 0 Å². The summed E-state index contributed by atoms with van der Waals surface area (Å²) in [5.74, 6) is 3.51. The predicted octanol–water partition coefficient (Wildman–Crippen LogP) is 7.36. The Bertz CT molecular complexity index is 986. The summed E-state index contributed by atoms with van der Waals surface area (Å²) in [6.07, 6.45) is 19.3. The van der Waals surface area contributed by atoms with Crippen LogP contribution in [0.25, 0.3) is 0 Å². The molecule has 0 spiro atoms. The summed E-state index contributed by atoms with van der Waals surface area (Å²) in [4.78, 5) is 16.3. The van der Waals surface area contributed by atoms with Crippen LogP contribution in [0.3, 0.4) is 0 Å². The number of nitrogens with zero attached hydrogens (tertiary/aromatic N) is 1. The Kier molecular flexibility index (Phi) is 10.2. The summed E-state index contributed by atoms with van der Waals surface area (Å²) < 4.78 is 4.93. The highest BCUT2D eigenvalue weighted by atomic mass is 16.5. The van der Waals surface area contributed by atoms with Crippen LogP contribution in [0.2, 0.25) is 0 Å². The molecule has 4 fully saturated rings. The molecule has 41 heavy (non-hydrogen) atoms. The molecule has 0 aliphatic heterocycles. The van der Waals surface area contributed by atoms with Crippen LogP contribution in [-0.2, 0) is 16.0 Å². The molecule has 0 amide bonds. The molecule has 0 aromatic carbocycles. The first kappa shape index (κ1) is 31.0. The lowest BCUT2D eigenvalue weighted by Gasteiger charge is -2.62. The number of aliphatic hydroxyl groups excluding tert-OH is 1. The number of carbonyl (C=O) groups is 1. The lowest BCUT2D eigenvalue weighted by molar-refractivity contribution is -0.167. The molecule has 0 bridgehead atoms. The van der Waals surface area contributed by atoms with E-state index in [-0.39, 0.29) is 12.1 Å². The summed E-state index contributed by atoms with van der Waals surface area (Å²) in [5.41, 5.74) is 1.90. The zero-order valence-corrected chi connectivity index (χ0v) is 26.5. The van der Waals surface area contributed by atoms with Crippen LogP contribution in [0.4, 0.5) is 0 Å². The molecule has 10 atom stereocenters. The van der Waals surface area contributed by atoms with E-state index in [2.05, 4.69) is 43.2 Å². The number of methoxy groups -OCH3 is 1. The summed E-state index contributed by atoms with van der Waals surface area (Å²) in [6.45, 7) is 8.63. The maximum Gasteiger partial charge on any atom is 0.305 e. The lowest BCUT2D eigenvalue weighted by Crippen LogP contribution is -2.59. The van der Waals surface area contributed by atoms with E-state index >= 15 is 0 Å². The number of aromatic nitrogens is 1. The highest BCUT2D eigenvalue weighted by molar-refractivity contribution is 5.69. The number of aliphatic hydroxyl groups is 1. The average Bonchev–Trinajstić information content (AvgIpc) is 3.33. The highest BCUT2D eigenvalue weighted by Crippen LogP contribution is 2.68. The molecule has 230 valence electrons. The fourth-order valence-electron chi connectivity index (χ4n) is 10.7. The van der Waals surface area contributed by atoms with E-state index in [1.54, 1.807) is 0 Å². The number of rotatable bonds is 12. The first-order valence-electron chi connectivity index (χ1n) is 17.1. The van der Waals surface area contributed by atoms with Gasteiger partial charge in [-0.3, -0.25) is 9.78 Å². The van der Waals surface area contributed by atoms with Gasteiger partial charge in [0.1, 0.15) is 0 Å². The van der Waals surface area contributed by atoms with Crippen molar-refractivity contribution in [2.75, 3.05) is 13.7 Å². The van der Waals surface area contributed by atoms with Gasteiger partial charge in [-0.2, -0.15) is 0 Å². The fourth-order valence-corrected chi connectivity index (χ4v) is 10.7. The summed E-state index contributed by atoms with van der Waals surface area (Å²) in [5, 5.41) is 15.7. The fraction of sp³-hybridized carbons (Fsp3) is 0.833. The zero-order chi connectivity index (χ0) is 29.0. The van der Waals surface area contributed by atoms with Crippen molar-refractivity contribution in [1.29, 1.82) is 0 Å². The Labute approximate surface area is 250 Å². The minimum atomic E-state index is -0.148. The Morgan fingerprint density at radius 2 is 1.83 bits per heavy atom. The Morgan fingerprint density at radius 1 is 1.05 bits per heavy atom. The SMILES string of the molecule is COC(=O)CC[C@@H](C)[C@H]1CC[C@H]2[C@@H]3[C@H](O)C[C@H]4C[C@@H](NCCCCCCc5ccccn5)CC[C@]4(C)[C@H]3CC[C@]12C. The first-order chi connectivity index (χ1) is 19.8. The Balaban J connectivity index is 1.10. The molecule has 5 heteroatoms. The largest absolute Gasteiger partial charge is 0.469 e. The molecule has 0 unspecified atom stereocenters. The van der Waals surface area contributed by atoms with Gasteiger partial charge >= 0.3 is 5.97 Å². The molecule has 2 N–H and O–H groups in total. The topological polar surface area (TPSA) is 71.5 Å². The quantitative estimate of drug-likeness (QED) is 0.204. The number of unbranched alkanes of at least 4 members (excludes halogenated alkanes) is 3. The van der Waals surface area contributed by atoms with Crippen molar-refractivity contribution < 1.29 is 14.6 Å². The maximum absolute atomic E-state index is 11.8. The molecule has 5 nitrogen and oxygen atoms in total. The number of carbonyl (C=O) groups excluding carboxylic acids is 1. The summed E-state index contributed by atoms with van der Waals surface area (Å²) >= 11 is 0. The van der Waals surface area contributed by atoms with Gasteiger partial charge in [0.25, 0.3) is 0 Å². The van der Waals surface area contributed by atoms with Gasteiger partial charge in [-0.15, -0.1) is 0 Å². The van der Waals surface area contributed by atoms with Gasteiger partial charge < -0.3 is 15.2 Å². The van der Waals surface area contributed by atoms with Gasteiger partial charge in [0.15, 0.2) is 0 Å². The van der Waals surface area contributed by atoms with Gasteiger partial charge in [-0.25, -0.2) is 0 Å². The third-order valence-corrected chi connectivity index (χ3v) is 13.0. The molecule has 5 rings (SSSR count). The van der Waals surface area contributed by atoms with Crippen molar-refractivity contribution in [3.63, 3.8) is 0 Å². The van der Waals surface area contributed by atoms with Gasteiger partial charge in [0.2, 0.25) is 0 Å². The van der Waals surface area contributed by atoms with Gasteiger partial charge in [0, 0.05) is 24.4 Å². The van der Waals surface area contributed by atoms with Gasteiger partial charge in [0.05, 0.1) is 13.2 Å². The number of hydrogen-bond acceptors (Lipinski definition) is 5. The van der Waals surface area contributed by atoms with E-state index < -0.39 is 0 Å². The van der Waals surface area contributed by atoms with E-state index in [4.69, 9.17) is 4.74 Å². The molecule has 1 aromatic heterocycles. The third-order valence-electron chi connectivity index (χ3n) is 13.0. The molecule has 0 saturated heterocycles. The monoisotopic (exact) mass is 566 g/mol. The number of ether oxygens (including phenoxy) is 1. The number of pyridine rings is 1. The molecule has 1 aromatic rings. The molecule has 0 radical (unpaired) electrons. The second kappa shape index (κ2) is 13.5. The second-order valence-electron chi connectivity index (χ2n) is 15.0.